The normalized spacial score (nSPS) is 26.2. The van der Waals surface area contributed by atoms with E-state index in [1.807, 2.05) is 20.8 Å². The van der Waals surface area contributed by atoms with Crippen LogP contribution in [-0.2, 0) is 9.47 Å². The predicted octanol–water partition coefficient (Wildman–Crippen LogP) is 2.40. The smallest absolute Gasteiger partial charge is 0.410 e. The highest BCUT2D eigenvalue weighted by Crippen LogP contribution is 2.31. The Morgan fingerprint density at radius 2 is 1.95 bits per heavy atom. The van der Waals surface area contributed by atoms with Gasteiger partial charge in [-0.05, 0) is 39.5 Å². The van der Waals surface area contributed by atoms with Crippen molar-refractivity contribution in [2.24, 2.45) is 5.92 Å². The standard InChI is InChI=1S/C16H30N2O3/c1-12(2)13-10-17-11-16(20-13)6-8-18(9-7-16)14(19)21-15(3,4)5/h12-13,17H,6-11H2,1-5H3. The van der Waals surface area contributed by atoms with Crippen LogP contribution in [0.25, 0.3) is 0 Å². The fourth-order valence-electron chi connectivity index (χ4n) is 2.94. The molecule has 1 unspecified atom stereocenters. The summed E-state index contributed by atoms with van der Waals surface area (Å²) in [5, 5.41) is 3.50. The molecule has 2 fully saturated rings. The molecule has 0 aliphatic carbocycles. The van der Waals surface area contributed by atoms with Crippen LogP contribution < -0.4 is 5.32 Å². The highest BCUT2D eigenvalue weighted by molar-refractivity contribution is 5.68. The van der Waals surface area contributed by atoms with E-state index in [0.29, 0.717) is 19.0 Å². The molecule has 5 heteroatoms. The van der Waals surface area contributed by atoms with Crippen LogP contribution in [0.15, 0.2) is 0 Å². The average molecular weight is 298 g/mol. The van der Waals surface area contributed by atoms with Crippen LogP contribution in [0.2, 0.25) is 0 Å². The van der Waals surface area contributed by atoms with Crippen LogP contribution in [0, 0.1) is 5.92 Å². The van der Waals surface area contributed by atoms with Crippen molar-refractivity contribution in [3.8, 4) is 0 Å². The van der Waals surface area contributed by atoms with Gasteiger partial charge in [-0.1, -0.05) is 13.8 Å². The summed E-state index contributed by atoms with van der Waals surface area (Å²) >= 11 is 0. The lowest BCUT2D eigenvalue weighted by Gasteiger charge is -2.47. The van der Waals surface area contributed by atoms with Gasteiger partial charge in [-0.3, -0.25) is 0 Å². The maximum Gasteiger partial charge on any atom is 0.410 e. The molecule has 0 aromatic carbocycles. The van der Waals surface area contributed by atoms with Crippen molar-refractivity contribution in [2.45, 2.75) is 64.8 Å². The van der Waals surface area contributed by atoms with E-state index in [-0.39, 0.29) is 17.8 Å². The largest absolute Gasteiger partial charge is 0.444 e. The van der Waals surface area contributed by atoms with E-state index in [1.165, 1.54) is 0 Å². The third-order valence-electron chi connectivity index (χ3n) is 4.26. The molecule has 2 aliphatic rings. The lowest BCUT2D eigenvalue weighted by atomic mass is 9.88. The fraction of sp³-hybridized carbons (Fsp3) is 0.938. The van der Waals surface area contributed by atoms with Crippen molar-refractivity contribution >= 4 is 6.09 Å². The van der Waals surface area contributed by atoms with E-state index in [0.717, 1.165) is 25.9 Å². The van der Waals surface area contributed by atoms with Gasteiger partial charge in [0.1, 0.15) is 5.60 Å². The number of ether oxygens (including phenoxy) is 2. The number of nitrogens with one attached hydrogen (secondary N) is 1. The zero-order valence-corrected chi connectivity index (χ0v) is 14.1. The van der Waals surface area contributed by atoms with Crippen LogP contribution in [0.5, 0.6) is 0 Å². The van der Waals surface area contributed by atoms with E-state index in [1.54, 1.807) is 4.90 Å². The second-order valence-corrected chi connectivity index (χ2v) is 7.68. The number of nitrogens with zero attached hydrogens (tertiary/aromatic N) is 1. The minimum atomic E-state index is -0.433. The molecule has 2 heterocycles. The van der Waals surface area contributed by atoms with E-state index in [4.69, 9.17) is 9.47 Å². The molecule has 1 N–H and O–H groups in total. The Hall–Kier alpha value is -0.810. The number of piperidine rings is 1. The maximum atomic E-state index is 12.1. The summed E-state index contributed by atoms with van der Waals surface area (Å²) in [6.07, 6.45) is 1.82. The molecule has 2 rings (SSSR count). The SMILES string of the molecule is CC(C)C1CNCC2(CCN(C(=O)OC(C)(C)C)CC2)O1. The van der Waals surface area contributed by atoms with Crippen molar-refractivity contribution in [2.75, 3.05) is 26.2 Å². The molecule has 1 spiro atoms. The Balaban J connectivity index is 1.89. The second kappa shape index (κ2) is 6.13. The molecule has 2 saturated heterocycles. The molecule has 5 nitrogen and oxygen atoms in total. The molecule has 0 bridgehead atoms. The number of hydrogen-bond acceptors (Lipinski definition) is 4. The van der Waals surface area contributed by atoms with E-state index >= 15 is 0 Å². The minimum Gasteiger partial charge on any atom is -0.444 e. The molecule has 1 amide bonds. The first-order valence-electron chi connectivity index (χ1n) is 8.07. The lowest BCUT2D eigenvalue weighted by molar-refractivity contribution is -0.153. The van der Waals surface area contributed by atoms with Crippen molar-refractivity contribution in [3.63, 3.8) is 0 Å². The summed E-state index contributed by atoms with van der Waals surface area (Å²) < 4.78 is 11.8. The number of hydrogen-bond donors (Lipinski definition) is 1. The zero-order valence-electron chi connectivity index (χ0n) is 14.1. The monoisotopic (exact) mass is 298 g/mol. The number of amides is 1. The van der Waals surface area contributed by atoms with Crippen molar-refractivity contribution in [3.05, 3.63) is 0 Å². The zero-order chi connectivity index (χ0) is 15.7. The van der Waals surface area contributed by atoms with E-state index in [2.05, 4.69) is 19.2 Å². The molecular weight excluding hydrogens is 268 g/mol. The first-order chi connectivity index (χ1) is 9.71. The summed E-state index contributed by atoms with van der Waals surface area (Å²) in [5.74, 6) is 0.513. The molecule has 1 atom stereocenters. The van der Waals surface area contributed by atoms with Gasteiger partial charge in [0, 0.05) is 26.2 Å². The number of morpholine rings is 1. The van der Waals surface area contributed by atoms with Gasteiger partial charge in [-0.15, -0.1) is 0 Å². The number of likely N-dealkylation sites (tertiary alicyclic amines) is 1. The number of carbonyl (C=O) groups is 1. The van der Waals surface area contributed by atoms with Crippen LogP contribution >= 0.6 is 0 Å². The molecule has 122 valence electrons. The quantitative estimate of drug-likeness (QED) is 0.807. The van der Waals surface area contributed by atoms with Crippen LogP contribution in [0.3, 0.4) is 0 Å². The van der Waals surface area contributed by atoms with Crippen LogP contribution in [-0.4, -0.2) is 54.5 Å². The van der Waals surface area contributed by atoms with Crippen LogP contribution in [0.1, 0.15) is 47.5 Å². The first-order valence-corrected chi connectivity index (χ1v) is 8.07. The summed E-state index contributed by atoms with van der Waals surface area (Å²) in [7, 11) is 0. The van der Waals surface area contributed by atoms with Gasteiger partial charge >= 0.3 is 6.09 Å². The topological polar surface area (TPSA) is 50.8 Å². The molecule has 0 aromatic heterocycles. The average Bonchev–Trinajstić information content (AvgIpc) is 2.37. The molecule has 21 heavy (non-hydrogen) atoms. The Labute approximate surface area is 128 Å². The van der Waals surface area contributed by atoms with Crippen molar-refractivity contribution in [1.29, 1.82) is 0 Å². The summed E-state index contributed by atoms with van der Waals surface area (Å²) in [6, 6.07) is 0. The lowest BCUT2D eigenvalue weighted by Crippen LogP contribution is -2.60. The summed E-state index contributed by atoms with van der Waals surface area (Å²) in [6.45, 7) is 13.3. The van der Waals surface area contributed by atoms with Gasteiger partial charge in [0.15, 0.2) is 0 Å². The molecule has 0 aromatic rings. The minimum absolute atomic E-state index is 0.105. The number of carbonyl (C=O) groups excluding carboxylic acids is 1. The summed E-state index contributed by atoms with van der Waals surface area (Å²) in [4.78, 5) is 13.9. The molecular formula is C16H30N2O3. The molecule has 0 radical (unpaired) electrons. The van der Waals surface area contributed by atoms with Gasteiger partial charge in [0.2, 0.25) is 0 Å². The Morgan fingerprint density at radius 3 is 2.48 bits per heavy atom. The van der Waals surface area contributed by atoms with Gasteiger partial charge in [0.25, 0.3) is 0 Å². The maximum absolute atomic E-state index is 12.1. The van der Waals surface area contributed by atoms with Crippen molar-refractivity contribution in [1.82, 2.24) is 10.2 Å². The van der Waals surface area contributed by atoms with E-state index in [9.17, 15) is 4.79 Å². The van der Waals surface area contributed by atoms with Gasteiger partial charge < -0.3 is 19.7 Å². The molecule has 2 aliphatic heterocycles. The first kappa shape index (κ1) is 16.6. The summed E-state index contributed by atoms with van der Waals surface area (Å²) in [5.41, 5.74) is -0.538. The van der Waals surface area contributed by atoms with Crippen LogP contribution in [0.4, 0.5) is 4.79 Å². The van der Waals surface area contributed by atoms with Gasteiger partial charge in [-0.2, -0.15) is 0 Å². The Morgan fingerprint density at radius 1 is 1.33 bits per heavy atom. The predicted molar refractivity (Wildman–Crippen MR) is 82.4 cm³/mol. The Kier molecular flexibility index (Phi) is 4.83. The highest BCUT2D eigenvalue weighted by Gasteiger charge is 2.42. The third-order valence-corrected chi connectivity index (χ3v) is 4.26. The molecule has 0 saturated carbocycles. The van der Waals surface area contributed by atoms with Crippen molar-refractivity contribution < 1.29 is 14.3 Å². The Bertz CT molecular complexity index is 368. The van der Waals surface area contributed by atoms with E-state index < -0.39 is 5.60 Å². The second-order valence-electron chi connectivity index (χ2n) is 7.68. The highest BCUT2D eigenvalue weighted by atomic mass is 16.6. The van der Waals surface area contributed by atoms with Gasteiger partial charge in [-0.25, -0.2) is 4.79 Å². The number of rotatable bonds is 1. The third kappa shape index (κ3) is 4.33. The fourth-order valence-corrected chi connectivity index (χ4v) is 2.94. The van der Waals surface area contributed by atoms with Gasteiger partial charge in [0.05, 0.1) is 11.7 Å².